The van der Waals surface area contributed by atoms with Gasteiger partial charge >= 0.3 is 0 Å². The molecule has 1 aromatic heterocycles. The van der Waals surface area contributed by atoms with E-state index in [9.17, 15) is 9.18 Å². The fourth-order valence-electron chi connectivity index (χ4n) is 1.61. The second kappa shape index (κ2) is 4.30. The highest BCUT2D eigenvalue weighted by Gasteiger charge is 2.11. The molecular weight excluding hydrogens is 243 g/mol. The maximum atomic E-state index is 13.2. The minimum absolute atomic E-state index is 0.114. The number of hydrogen-bond acceptors (Lipinski definition) is 2. The summed E-state index contributed by atoms with van der Waals surface area (Å²) in [7, 11) is 0. The first-order valence-corrected chi connectivity index (χ1v) is 5.40. The van der Waals surface area contributed by atoms with E-state index in [-0.39, 0.29) is 5.15 Å². The lowest BCUT2D eigenvalue weighted by Crippen LogP contribution is -2.23. The highest BCUT2D eigenvalue weighted by atomic mass is 35.5. The van der Waals surface area contributed by atoms with Crippen LogP contribution in [0.4, 0.5) is 4.39 Å². The van der Waals surface area contributed by atoms with Gasteiger partial charge in [0, 0.05) is 5.69 Å². The molecule has 0 aliphatic rings. The highest BCUT2D eigenvalue weighted by Crippen LogP contribution is 2.13. The van der Waals surface area contributed by atoms with Crippen LogP contribution in [0.1, 0.15) is 11.4 Å². The van der Waals surface area contributed by atoms with Gasteiger partial charge in [0.05, 0.1) is 11.4 Å². The van der Waals surface area contributed by atoms with Crippen LogP contribution >= 0.6 is 11.6 Å². The molecule has 2 aromatic rings. The van der Waals surface area contributed by atoms with E-state index in [1.54, 1.807) is 26.0 Å². The lowest BCUT2D eigenvalue weighted by Gasteiger charge is -2.12. The minimum atomic E-state index is -0.444. The first-order chi connectivity index (χ1) is 8.00. The molecule has 0 saturated heterocycles. The molecule has 1 heterocycles. The maximum absolute atomic E-state index is 13.2. The minimum Gasteiger partial charge on any atom is -0.277 e. The summed E-state index contributed by atoms with van der Waals surface area (Å²) in [6.45, 7) is 3.49. The largest absolute Gasteiger partial charge is 0.293 e. The zero-order valence-electron chi connectivity index (χ0n) is 9.37. The van der Waals surface area contributed by atoms with Crippen LogP contribution in [0.2, 0.25) is 5.15 Å². The standard InChI is InChI=1S/C12H10ClFN2O/c1-7-8(2)16(12(17)11(13)15-7)10-5-3-4-9(14)6-10/h3-6H,1-2H3. The highest BCUT2D eigenvalue weighted by molar-refractivity contribution is 6.29. The van der Waals surface area contributed by atoms with Crippen LogP contribution in [-0.2, 0) is 0 Å². The molecule has 0 bridgehead atoms. The van der Waals surface area contributed by atoms with Gasteiger partial charge in [-0.25, -0.2) is 9.37 Å². The Kier molecular flexibility index (Phi) is 2.98. The maximum Gasteiger partial charge on any atom is 0.293 e. The number of hydrogen-bond donors (Lipinski definition) is 0. The predicted octanol–water partition coefficient (Wildman–Crippen LogP) is 2.64. The van der Waals surface area contributed by atoms with Gasteiger partial charge in [0.1, 0.15) is 5.82 Å². The molecule has 0 aliphatic heterocycles. The normalized spacial score (nSPS) is 10.6. The van der Waals surface area contributed by atoms with E-state index in [0.717, 1.165) is 0 Å². The summed E-state index contributed by atoms with van der Waals surface area (Å²) in [6.07, 6.45) is 0. The molecule has 0 spiro atoms. The number of aryl methyl sites for hydroxylation is 1. The van der Waals surface area contributed by atoms with Gasteiger partial charge in [0.15, 0.2) is 5.15 Å². The quantitative estimate of drug-likeness (QED) is 0.782. The number of rotatable bonds is 1. The Morgan fingerprint density at radius 3 is 2.71 bits per heavy atom. The third-order valence-corrected chi connectivity index (χ3v) is 2.82. The van der Waals surface area contributed by atoms with E-state index in [4.69, 9.17) is 11.6 Å². The van der Waals surface area contributed by atoms with Crippen molar-refractivity contribution in [3.05, 3.63) is 57.0 Å². The van der Waals surface area contributed by atoms with Crippen molar-refractivity contribution >= 4 is 11.6 Å². The van der Waals surface area contributed by atoms with Crippen LogP contribution in [0, 0.1) is 19.7 Å². The van der Waals surface area contributed by atoms with Gasteiger partial charge in [0.2, 0.25) is 0 Å². The van der Waals surface area contributed by atoms with Gasteiger partial charge < -0.3 is 0 Å². The van der Waals surface area contributed by atoms with Crippen LogP contribution < -0.4 is 5.56 Å². The van der Waals surface area contributed by atoms with Crippen molar-refractivity contribution in [2.45, 2.75) is 13.8 Å². The molecule has 0 unspecified atom stereocenters. The zero-order chi connectivity index (χ0) is 12.6. The molecular formula is C12H10ClFN2O. The smallest absolute Gasteiger partial charge is 0.277 e. The number of benzene rings is 1. The monoisotopic (exact) mass is 252 g/mol. The van der Waals surface area contributed by atoms with Gasteiger partial charge in [-0.3, -0.25) is 9.36 Å². The summed E-state index contributed by atoms with van der Waals surface area (Å²) in [5.41, 5.74) is 1.28. The third kappa shape index (κ3) is 2.08. The molecule has 0 saturated carbocycles. The topological polar surface area (TPSA) is 34.9 Å². The van der Waals surface area contributed by atoms with Crippen molar-refractivity contribution in [2.75, 3.05) is 0 Å². The lowest BCUT2D eigenvalue weighted by molar-refractivity contribution is 0.626. The Morgan fingerprint density at radius 2 is 2.06 bits per heavy atom. The first-order valence-electron chi connectivity index (χ1n) is 5.02. The Labute approximate surface area is 102 Å². The van der Waals surface area contributed by atoms with E-state index in [1.165, 1.54) is 16.7 Å². The molecule has 2 rings (SSSR count). The van der Waals surface area contributed by atoms with Crippen LogP contribution in [0.5, 0.6) is 0 Å². The SMILES string of the molecule is Cc1nc(Cl)c(=O)n(-c2cccc(F)c2)c1C. The van der Waals surface area contributed by atoms with Crippen molar-refractivity contribution in [1.82, 2.24) is 9.55 Å². The van der Waals surface area contributed by atoms with E-state index in [0.29, 0.717) is 17.1 Å². The second-order valence-electron chi connectivity index (χ2n) is 3.69. The van der Waals surface area contributed by atoms with Crippen molar-refractivity contribution in [3.8, 4) is 5.69 Å². The molecule has 88 valence electrons. The molecule has 0 aliphatic carbocycles. The third-order valence-electron chi connectivity index (χ3n) is 2.57. The van der Waals surface area contributed by atoms with Gasteiger partial charge in [0.25, 0.3) is 5.56 Å². The van der Waals surface area contributed by atoms with Gasteiger partial charge in [-0.2, -0.15) is 0 Å². The van der Waals surface area contributed by atoms with Crippen LogP contribution in [-0.4, -0.2) is 9.55 Å². The molecule has 0 atom stereocenters. The van der Waals surface area contributed by atoms with E-state index in [2.05, 4.69) is 4.98 Å². The van der Waals surface area contributed by atoms with E-state index < -0.39 is 11.4 Å². The lowest BCUT2D eigenvalue weighted by atomic mass is 10.2. The summed E-state index contributed by atoms with van der Waals surface area (Å²) in [4.78, 5) is 15.8. The molecule has 0 fully saturated rings. The van der Waals surface area contributed by atoms with Gasteiger partial charge in [-0.1, -0.05) is 17.7 Å². The fourth-order valence-corrected chi connectivity index (χ4v) is 1.82. The van der Waals surface area contributed by atoms with E-state index >= 15 is 0 Å². The average molecular weight is 253 g/mol. The molecule has 0 N–H and O–H groups in total. The fraction of sp³-hybridized carbons (Fsp3) is 0.167. The summed E-state index contributed by atoms with van der Waals surface area (Å²) in [6, 6.07) is 5.79. The molecule has 1 aromatic carbocycles. The Bertz CT molecular complexity index is 637. The van der Waals surface area contributed by atoms with Crippen LogP contribution in [0.15, 0.2) is 29.1 Å². The number of aromatic nitrogens is 2. The van der Waals surface area contributed by atoms with Crippen molar-refractivity contribution < 1.29 is 4.39 Å². The molecule has 17 heavy (non-hydrogen) atoms. The van der Waals surface area contributed by atoms with Gasteiger partial charge in [-0.05, 0) is 32.0 Å². The number of nitrogens with zero attached hydrogens (tertiary/aromatic N) is 2. The first kappa shape index (κ1) is 11.8. The molecule has 0 amide bonds. The Morgan fingerprint density at radius 1 is 1.35 bits per heavy atom. The Hall–Kier alpha value is -1.68. The molecule has 3 nitrogen and oxygen atoms in total. The zero-order valence-corrected chi connectivity index (χ0v) is 10.1. The van der Waals surface area contributed by atoms with Crippen molar-refractivity contribution in [1.29, 1.82) is 0 Å². The van der Waals surface area contributed by atoms with Crippen LogP contribution in [0.3, 0.4) is 0 Å². The Balaban J connectivity index is 2.80. The number of halogens is 2. The van der Waals surface area contributed by atoms with Crippen molar-refractivity contribution in [3.63, 3.8) is 0 Å². The van der Waals surface area contributed by atoms with E-state index in [1.807, 2.05) is 0 Å². The molecule has 0 radical (unpaired) electrons. The summed E-state index contributed by atoms with van der Waals surface area (Å²) >= 11 is 5.74. The average Bonchev–Trinajstić information content (AvgIpc) is 2.27. The summed E-state index contributed by atoms with van der Waals surface area (Å²) < 4.78 is 14.5. The second-order valence-corrected chi connectivity index (χ2v) is 4.05. The summed E-state index contributed by atoms with van der Waals surface area (Å²) in [5.74, 6) is -0.403. The summed E-state index contributed by atoms with van der Waals surface area (Å²) in [5, 5.41) is -0.114. The van der Waals surface area contributed by atoms with Gasteiger partial charge in [-0.15, -0.1) is 0 Å². The van der Waals surface area contributed by atoms with Crippen LogP contribution in [0.25, 0.3) is 5.69 Å². The molecule has 5 heteroatoms. The predicted molar refractivity (Wildman–Crippen MR) is 64.3 cm³/mol. The van der Waals surface area contributed by atoms with Crippen molar-refractivity contribution in [2.24, 2.45) is 0 Å².